The third-order valence-electron chi connectivity index (χ3n) is 2.53. The van der Waals surface area contributed by atoms with E-state index in [4.69, 9.17) is 11.6 Å². The van der Waals surface area contributed by atoms with Crippen molar-refractivity contribution in [2.75, 3.05) is 5.88 Å². The summed E-state index contributed by atoms with van der Waals surface area (Å²) >= 11 is 9.22. The van der Waals surface area contributed by atoms with Gasteiger partial charge < -0.3 is 5.32 Å². The van der Waals surface area contributed by atoms with Crippen molar-refractivity contribution >= 4 is 27.5 Å². The second-order valence-electron chi connectivity index (χ2n) is 4.60. The Kier molecular flexibility index (Phi) is 6.45. The van der Waals surface area contributed by atoms with Gasteiger partial charge in [-0.2, -0.15) is 0 Å². The number of hydrogen-bond acceptors (Lipinski definition) is 1. The lowest BCUT2D eigenvalue weighted by Gasteiger charge is -2.18. The van der Waals surface area contributed by atoms with Crippen LogP contribution in [-0.4, -0.2) is 11.9 Å². The molecule has 0 bridgehead atoms. The Hall–Kier alpha value is -0.120. The van der Waals surface area contributed by atoms with Crippen molar-refractivity contribution < 1.29 is 4.39 Å². The van der Waals surface area contributed by atoms with Crippen molar-refractivity contribution in [1.29, 1.82) is 0 Å². The number of hydrogen-bond donors (Lipinski definition) is 1. The zero-order valence-corrected chi connectivity index (χ0v) is 12.5. The van der Waals surface area contributed by atoms with Gasteiger partial charge in [0, 0.05) is 28.5 Å². The summed E-state index contributed by atoms with van der Waals surface area (Å²) in [5, 5.41) is 3.29. The number of alkyl halides is 1. The summed E-state index contributed by atoms with van der Waals surface area (Å²) in [6, 6.07) is 5.20. The van der Waals surface area contributed by atoms with Crippen molar-refractivity contribution in [3.63, 3.8) is 0 Å². The minimum Gasteiger partial charge on any atom is -0.309 e. The van der Waals surface area contributed by atoms with Crippen LogP contribution in [0.2, 0.25) is 0 Å². The minimum atomic E-state index is -0.182. The molecule has 4 heteroatoms. The van der Waals surface area contributed by atoms with E-state index in [1.54, 1.807) is 12.1 Å². The molecule has 1 rings (SSSR count). The van der Waals surface area contributed by atoms with E-state index in [0.717, 1.165) is 10.9 Å². The Bertz CT molecular complexity index is 357. The van der Waals surface area contributed by atoms with E-state index >= 15 is 0 Å². The van der Waals surface area contributed by atoms with Crippen LogP contribution in [0.3, 0.4) is 0 Å². The van der Waals surface area contributed by atoms with Crippen molar-refractivity contribution in [2.45, 2.75) is 32.9 Å². The van der Waals surface area contributed by atoms with Crippen LogP contribution >= 0.6 is 27.5 Å². The van der Waals surface area contributed by atoms with E-state index < -0.39 is 0 Å². The van der Waals surface area contributed by atoms with Gasteiger partial charge in [0.2, 0.25) is 0 Å². The highest BCUT2D eigenvalue weighted by Gasteiger charge is 2.10. The number of rotatable bonds is 6. The molecular weight excluding hydrogens is 305 g/mol. The summed E-state index contributed by atoms with van der Waals surface area (Å²) in [5.41, 5.74) is 0.665. The lowest BCUT2D eigenvalue weighted by Crippen LogP contribution is -2.31. The smallest absolute Gasteiger partial charge is 0.127 e. The van der Waals surface area contributed by atoms with Crippen LogP contribution in [0.15, 0.2) is 22.7 Å². The van der Waals surface area contributed by atoms with Crippen molar-refractivity contribution in [1.82, 2.24) is 5.32 Å². The molecule has 0 aliphatic rings. The molecule has 17 heavy (non-hydrogen) atoms. The highest BCUT2D eigenvalue weighted by Crippen LogP contribution is 2.16. The molecule has 0 saturated heterocycles. The maximum atomic E-state index is 13.5. The summed E-state index contributed by atoms with van der Waals surface area (Å²) in [6.07, 6.45) is 0.999. The Morgan fingerprint density at radius 2 is 2.12 bits per heavy atom. The van der Waals surface area contributed by atoms with Gasteiger partial charge in [-0.1, -0.05) is 29.8 Å². The van der Waals surface area contributed by atoms with Crippen LogP contribution in [0.4, 0.5) is 4.39 Å². The third-order valence-corrected chi connectivity index (χ3v) is 3.40. The first-order valence-electron chi connectivity index (χ1n) is 5.76. The van der Waals surface area contributed by atoms with Crippen LogP contribution in [-0.2, 0) is 6.54 Å². The predicted molar refractivity (Wildman–Crippen MR) is 74.9 cm³/mol. The van der Waals surface area contributed by atoms with Crippen LogP contribution in [0, 0.1) is 11.7 Å². The van der Waals surface area contributed by atoms with Crippen LogP contribution in [0.1, 0.15) is 25.8 Å². The maximum absolute atomic E-state index is 13.5. The van der Waals surface area contributed by atoms with Gasteiger partial charge in [-0.15, -0.1) is 11.6 Å². The normalized spacial score (nSPS) is 13.1. The molecule has 0 saturated carbocycles. The fourth-order valence-electron chi connectivity index (χ4n) is 1.70. The second-order valence-corrected chi connectivity index (χ2v) is 5.82. The van der Waals surface area contributed by atoms with Crippen LogP contribution in [0.5, 0.6) is 0 Å². The first kappa shape index (κ1) is 14.9. The Morgan fingerprint density at radius 1 is 1.41 bits per heavy atom. The van der Waals surface area contributed by atoms with Gasteiger partial charge in [0.15, 0.2) is 0 Å². The van der Waals surface area contributed by atoms with Gasteiger partial charge in [0.05, 0.1) is 0 Å². The molecule has 0 aliphatic heterocycles. The number of benzene rings is 1. The zero-order valence-electron chi connectivity index (χ0n) is 10.1. The van der Waals surface area contributed by atoms with Gasteiger partial charge >= 0.3 is 0 Å². The Balaban J connectivity index is 2.56. The summed E-state index contributed by atoms with van der Waals surface area (Å²) in [5.74, 6) is 0.950. The Labute approximate surface area is 116 Å². The molecule has 1 aromatic carbocycles. The van der Waals surface area contributed by atoms with Gasteiger partial charge in [-0.25, -0.2) is 4.39 Å². The standard InChI is InChI=1S/C13H18BrClFN/c1-9(2)5-12(7-15)17-8-10-6-11(14)3-4-13(10)16/h3-4,6,9,12,17H,5,7-8H2,1-2H3. The quantitative estimate of drug-likeness (QED) is 0.769. The van der Waals surface area contributed by atoms with Gasteiger partial charge in [-0.3, -0.25) is 0 Å². The van der Waals surface area contributed by atoms with Crippen LogP contribution < -0.4 is 5.32 Å². The zero-order chi connectivity index (χ0) is 12.8. The van der Waals surface area contributed by atoms with Gasteiger partial charge in [0.1, 0.15) is 5.82 Å². The van der Waals surface area contributed by atoms with E-state index in [1.165, 1.54) is 6.07 Å². The summed E-state index contributed by atoms with van der Waals surface area (Å²) in [6.45, 7) is 4.82. The van der Waals surface area contributed by atoms with E-state index in [2.05, 4.69) is 35.1 Å². The molecule has 0 heterocycles. The molecule has 1 nitrogen and oxygen atoms in total. The summed E-state index contributed by atoms with van der Waals surface area (Å²) < 4.78 is 14.4. The third kappa shape index (κ3) is 5.36. The average Bonchev–Trinajstić information content (AvgIpc) is 2.28. The van der Waals surface area contributed by atoms with Gasteiger partial charge in [-0.05, 0) is 30.5 Å². The SMILES string of the molecule is CC(C)CC(CCl)NCc1cc(Br)ccc1F. The van der Waals surface area contributed by atoms with E-state index in [9.17, 15) is 4.39 Å². The molecule has 0 amide bonds. The minimum absolute atomic E-state index is 0.182. The first-order valence-corrected chi connectivity index (χ1v) is 7.09. The van der Waals surface area contributed by atoms with E-state index in [0.29, 0.717) is 23.9 Å². The largest absolute Gasteiger partial charge is 0.309 e. The Morgan fingerprint density at radius 3 is 2.71 bits per heavy atom. The highest BCUT2D eigenvalue weighted by molar-refractivity contribution is 9.10. The molecule has 0 aromatic heterocycles. The van der Waals surface area contributed by atoms with Crippen LogP contribution in [0.25, 0.3) is 0 Å². The molecule has 1 N–H and O–H groups in total. The molecule has 0 fully saturated rings. The average molecular weight is 323 g/mol. The maximum Gasteiger partial charge on any atom is 0.127 e. The molecule has 0 spiro atoms. The molecule has 1 aromatic rings. The van der Waals surface area contributed by atoms with Crippen molar-refractivity contribution in [2.24, 2.45) is 5.92 Å². The number of nitrogens with one attached hydrogen (secondary N) is 1. The molecule has 0 aliphatic carbocycles. The second kappa shape index (κ2) is 7.34. The monoisotopic (exact) mass is 321 g/mol. The van der Waals surface area contributed by atoms with Crippen molar-refractivity contribution in [3.05, 3.63) is 34.1 Å². The topological polar surface area (TPSA) is 12.0 Å². The first-order chi connectivity index (χ1) is 8.02. The lowest BCUT2D eigenvalue weighted by molar-refractivity contribution is 0.440. The summed E-state index contributed by atoms with van der Waals surface area (Å²) in [4.78, 5) is 0. The molecule has 96 valence electrons. The van der Waals surface area contributed by atoms with E-state index in [1.807, 2.05) is 0 Å². The highest BCUT2D eigenvalue weighted by atomic mass is 79.9. The molecule has 1 unspecified atom stereocenters. The molecule has 0 radical (unpaired) electrons. The van der Waals surface area contributed by atoms with Crippen molar-refractivity contribution in [3.8, 4) is 0 Å². The molecular formula is C13H18BrClFN. The lowest BCUT2D eigenvalue weighted by atomic mass is 10.0. The fraction of sp³-hybridized carbons (Fsp3) is 0.538. The predicted octanol–water partition coefficient (Wildman–Crippen LogP) is 4.33. The molecule has 1 atom stereocenters. The van der Waals surface area contributed by atoms with E-state index in [-0.39, 0.29) is 11.9 Å². The fourth-order valence-corrected chi connectivity index (χ4v) is 2.35. The number of halogens is 3. The summed E-state index contributed by atoms with van der Waals surface area (Å²) in [7, 11) is 0. The van der Waals surface area contributed by atoms with Gasteiger partial charge in [0.25, 0.3) is 0 Å².